The predicted molar refractivity (Wildman–Crippen MR) is 108 cm³/mol. The summed E-state index contributed by atoms with van der Waals surface area (Å²) in [7, 11) is 0. The summed E-state index contributed by atoms with van der Waals surface area (Å²) in [5.74, 6) is 1.40. The molecule has 0 aromatic heterocycles. The van der Waals surface area contributed by atoms with E-state index in [0.29, 0.717) is 23.7 Å². The zero-order valence-corrected chi connectivity index (χ0v) is 17.8. The fraction of sp³-hybridized carbons (Fsp3) is 0.920. The Balaban J connectivity index is 1.51. The maximum atomic E-state index is 12.8. The molecule has 4 nitrogen and oxygen atoms in total. The second-order valence-electron chi connectivity index (χ2n) is 12.6. The zero-order valence-electron chi connectivity index (χ0n) is 17.8. The Morgan fingerprint density at radius 3 is 1.83 bits per heavy atom. The van der Waals surface area contributed by atoms with Gasteiger partial charge in [-0.2, -0.15) is 0 Å². The molecule has 0 aliphatic heterocycles. The van der Waals surface area contributed by atoms with Gasteiger partial charge in [-0.05, 0) is 117 Å². The fourth-order valence-electron chi connectivity index (χ4n) is 11.3. The van der Waals surface area contributed by atoms with E-state index < -0.39 is 22.8 Å². The van der Waals surface area contributed by atoms with E-state index in [1.807, 2.05) is 0 Å². The summed E-state index contributed by atoms with van der Waals surface area (Å²) in [6.45, 7) is 2.22. The highest BCUT2D eigenvalue weighted by molar-refractivity contribution is 5.77. The highest BCUT2D eigenvalue weighted by Gasteiger charge is 2.75. The molecule has 8 rings (SSSR count). The first-order valence-electron chi connectivity index (χ1n) is 12.2. The van der Waals surface area contributed by atoms with Gasteiger partial charge < -0.3 is 10.2 Å². The molecule has 2 N–H and O–H groups in total. The molecule has 8 bridgehead atoms. The number of hydrogen-bond acceptors (Lipinski definition) is 2. The molecule has 0 aromatic rings. The molecule has 0 radical (unpaired) electrons. The number of hydrogen-bond donors (Lipinski definition) is 2. The van der Waals surface area contributed by atoms with Crippen LogP contribution in [0.2, 0.25) is 0 Å². The first-order chi connectivity index (χ1) is 13.8. The van der Waals surface area contributed by atoms with Crippen molar-refractivity contribution in [2.45, 2.75) is 90.4 Å². The van der Waals surface area contributed by atoms with E-state index in [0.717, 1.165) is 44.9 Å². The maximum absolute atomic E-state index is 12.8. The summed E-state index contributed by atoms with van der Waals surface area (Å²) in [6.07, 6.45) is 13.7. The van der Waals surface area contributed by atoms with E-state index in [9.17, 15) is 19.8 Å². The first kappa shape index (κ1) is 18.7. The van der Waals surface area contributed by atoms with Crippen LogP contribution >= 0.6 is 0 Å². The Bertz CT molecular complexity index is 741. The summed E-state index contributed by atoms with van der Waals surface area (Å²) in [4.78, 5) is 25.3. The third-order valence-corrected chi connectivity index (χ3v) is 11.2. The highest BCUT2D eigenvalue weighted by Crippen LogP contribution is 2.80. The predicted octanol–water partition coefficient (Wildman–Crippen LogP) is 5.36. The van der Waals surface area contributed by atoms with E-state index in [1.165, 1.54) is 38.5 Å². The molecule has 5 unspecified atom stereocenters. The largest absolute Gasteiger partial charge is 0.481 e. The van der Waals surface area contributed by atoms with Crippen LogP contribution < -0.4 is 0 Å². The first-order valence-corrected chi connectivity index (χ1v) is 12.2. The third-order valence-electron chi connectivity index (χ3n) is 11.2. The number of aliphatic carboxylic acids is 2. The van der Waals surface area contributed by atoms with Crippen molar-refractivity contribution in [1.29, 1.82) is 0 Å². The van der Waals surface area contributed by atoms with Crippen LogP contribution in [-0.2, 0) is 9.59 Å². The number of carboxylic acid groups (broad SMARTS) is 2. The normalized spacial score (nSPS) is 56.7. The maximum Gasteiger partial charge on any atom is 0.309 e. The molecule has 0 amide bonds. The lowest BCUT2D eigenvalue weighted by molar-refractivity contribution is -0.271. The van der Waals surface area contributed by atoms with Crippen LogP contribution in [0, 0.1) is 51.2 Å². The van der Waals surface area contributed by atoms with Crippen molar-refractivity contribution in [2.75, 3.05) is 0 Å². The fourth-order valence-corrected chi connectivity index (χ4v) is 11.3. The molecule has 8 fully saturated rings. The summed E-state index contributed by atoms with van der Waals surface area (Å²) in [5, 5.41) is 20.8. The number of carboxylic acids is 2. The van der Waals surface area contributed by atoms with Gasteiger partial charge in [0, 0.05) is 0 Å². The van der Waals surface area contributed by atoms with Gasteiger partial charge in [0.2, 0.25) is 0 Å². The van der Waals surface area contributed by atoms with Crippen molar-refractivity contribution in [1.82, 2.24) is 0 Å². The van der Waals surface area contributed by atoms with Gasteiger partial charge in [-0.15, -0.1) is 0 Å². The Hall–Kier alpha value is -1.06. The molecule has 0 heterocycles. The van der Waals surface area contributed by atoms with Crippen molar-refractivity contribution < 1.29 is 19.8 Å². The van der Waals surface area contributed by atoms with Crippen LogP contribution in [-0.4, -0.2) is 22.2 Å². The van der Waals surface area contributed by atoms with Crippen LogP contribution in [0.1, 0.15) is 90.4 Å². The Kier molecular flexibility index (Phi) is 3.60. The molecule has 0 saturated heterocycles. The van der Waals surface area contributed by atoms with Crippen LogP contribution in [0.25, 0.3) is 0 Å². The smallest absolute Gasteiger partial charge is 0.309 e. The second-order valence-corrected chi connectivity index (χ2v) is 12.6. The molecule has 0 spiro atoms. The Morgan fingerprint density at radius 2 is 1.34 bits per heavy atom. The molecule has 8 aliphatic rings. The van der Waals surface area contributed by atoms with E-state index in [4.69, 9.17) is 0 Å². The Labute approximate surface area is 173 Å². The lowest BCUT2D eigenvalue weighted by atomic mass is 9.28. The van der Waals surface area contributed by atoms with Crippen molar-refractivity contribution in [3.8, 4) is 0 Å². The minimum Gasteiger partial charge on any atom is -0.481 e. The topological polar surface area (TPSA) is 74.6 Å². The number of rotatable bonds is 5. The quantitative estimate of drug-likeness (QED) is 0.652. The summed E-state index contributed by atoms with van der Waals surface area (Å²) >= 11 is 0. The standard InChI is InChI=1S/C25H36O4/c1-2-3-19-24(21(28)29)10-17-5-18(11-24)13-25(19,12-17)23-8-15-4-16(9-23)7-22(6-15,14-23)20(26)27/h15-19H,2-14H2,1H3,(H,26,27)(H,28,29). The van der Waals surface area contributed by atoms with Gasteiger partial charge in [-0.25, -0.2) is 0 Å². The van der Waals surface area contributed by atoms with Crippen molar-refractivity contribution >= 4 is 11.9 Å². The van der Waals surface area contributed by atoms with Gasteiger partial charge in [0.25, 0.3) is 0 Å². The van der Waals surface area contributed by atoms with Crippen LogP contribution in [0.15, 0.2) is 0 Å². The zero-order chi connectivity index (χ0) is 20.2. The average molecular weight is 401 g/mol. The van der Waals surface area contributed by atoms with Crippen molar-refractivity contribution in [2.24, 2.45) is 51.2 Å². The van der Waals surface area contributed by atoms with E-state index in [1.54, 1.807) is 0 Å². The summed E-state index contributed by atoms with van der Waals surface area (Å²) < 4.78 is 0. The third kappa shape index (κ3) is 2.12. The molecule has 160 valence electrons. The molecular formula is C25H36O4. The molecule has 8 aliphatic carbocycles. The van der Waals surface area contributed by atoms with Gasteiger partial charge in [0.15, 0.2) is 0 Å². The summed E-state index contributed by atoms with van der Waals surface area (Å²) in [5.41, 5.74) is -0.863. The van der Waals surface area contributed by atoms with Gasteiger partial charge in [-0.3, -0.25) is 9.59 Å². The average Bonchev–Trinajstić information content (AvgIpc) is 2.63. The monoisotopic (exact) mass is 400 g/mol. The molecule has 5 atom stereocenters. The van der Waals surface area contributed by atoms with Crippen LogP contribution in [0.5, 0.6) is 0 Å². The van der Waals surface area contributed by atoms with Gasteiger partial charge in [0.05, 0.1) is 10.8 Å². The Morgan fingerprint density at radius 1 is 0.793 bits per heavy atom. The van der Waals surface area contributed by atoms with Gasteiger partial charge >= 0.3 is 11.9 Å². The lowest BCUT2D eigenvalue weighted by Crippen LogP contribution is -2.70. The van der Waals surface area contributed by atoms with E-state index in [-0.39, 0.29) is 16.7 Å². The van der Waals surface area contributed by atoms with Gasteiger partial charge in [-0.1, -0.05) is 13.3 Å². The van der Waals surface area contributed by atoms with E-state index >= 15 is 0 Å². The number of carbonyl (C=O) groups is 2. The van der Waals surface area contributed by atoms with Gasteiger partial charge in [0.1, 0.15) is 0 Å². The van der Waals surface area contributed by atoms with Crippen LogP contribution in [0.4, 0.5) is 0 Å². The lowest BCUT2D eigenvalue weighted by Gasteiger charge is -2.75. The molecule has 4 heteroatoms. The van der Waals surface area contributed by atoms with E-state index in [2.05, 4.69) is 6.92 Å². The molecule has 0 aromatic carbocycles. The SMILES string of the molecule is CCCC1C2(C(=O)O)CC3CC(C2)CC1(C12CC4CC(CC(C(=O)O)(C4)C1)C2)C3. The molecule has 29 heavy (non-hydrogen) atoms. The summed E-state index contributed by atoms with van der Waals surface area (Å²) in [6, 6.07) is 0. The second kappa shape index (κ2) is 5.59. The van der Waals surface area contributed by atoms with Crippen molar-refractivity contribution in [3.63, 3.8) is 0 Å². The van der Waals surface area contributed by atoms with Crippen molar-refractivity contribution in [3.05, 3.63) is 0 Å². The minimum absolute atomic E-state index is 0.0872. The minimum atomic E-state index is -0.555. The highest BCUT2D eigenvalue weighted by atomic mass is 16.4. The molecule has 8 saturated carbocycles. The van der Waals surface area contributed by atoms with Crippen LogP contribution in [0.3, 0.4) is 0 Å². The molecular weight excluding hydrogens is 364 g/mol.